The van der Waals surface area contributed by atoms with Gasteiger partial charge in [0.05, 0.1) is 0 Å². The number of guanidine groups is 1. The Bertz CT molecular complexity index is 378. The molecular weight excluding hydrogens is 397 g/mol. The van der Waals surface area contributed by atoms with Crippen LogP contribution in [-0.2, 0) is 10.8 Å². The van der Waals surface area contributed by atoms with Gasteiger partial charge < -0.3 is 10.6 Å². The molecule has 2 aliphatic rings. The van der Waals surface area contributed by atoms with Gasteiger partial charge in [-0.05, 0) is 38.5 Å². The maximum atomic E-state index is 12.0. The lowest BCUT2D eigenvalue weighted by atomic mass is 9.95. The third kappa shape index (κ3) is 6.04. The molecule has 4 nitrogen and oxygen atoms in total. The van der Waals surface area contributed by atoms with E-state index in [2.05, 4.69) is 29.5 Å². The molecule has 2 saturated carbocycles. The first-order chi connectivity index (χ1) is 9.63. The third-order valence-corrected chi connectivity index (χ3v) is 6.11. The second-order valence-electron chi connectivity index (χ2n) is 6.09. The van der Waals surface area contributed by atoms with Gasteiger partial charge in [-0.15, -0.1) is 24.0 Å². The normalized spacial score (nSPS) is 33.8. The fraction of sp³-hybridized carbons (Fsp3) is 0.933. The van der Waals surface area contributed by atoms with E-state index in [-0.39, 0.29) is 24.0 Å². The van der Waals surface area contributed by atoms with E-state index in [0.29, 0.717) is 17.3 Å². The van der Waals surface area contributed by atoms with Gasteiger partial charge in [-0.2, -0.15) is 0 Å². The van der Waals surface area contributed by atoms with Crippen molar-refractivity contribution in [3.05, 3.63) is 0 Å². The van der Waals surface area contributed by atoms with E-state index in [0.717, 1.165) is 37.0 Å². The zero-order valence-corrected chi connectivity index (χ0v) is 16.6. The Kier molecular flexibility index (Phi) is 8.52. The summed E-state index contributed by atoms with van der Waals surface area (Å²) in [5.74, 6) is 2.51. The van der Waals surface area contributed by atoms with Crippen LogP contribution in [0.25, 0.3) is 0 Å². The Labute approximate surface area is 148 Å². The van der Waals surface area contributed by atoms with E-state index >= 15 is 0 Å². The molecule has 0 aliphatic heterocycles. The highest BCUT2D eigenvalue weighted by molar-refractivity contribution is 14.0. The molecule has 0 spiro atoms. The van der Waals surface area contributed by atoms with Gasteiger partial charge in [-0.25, -0.2) is 0 Å². The van der Waals surface area contributed by atoms with E-state index in [1.54, 1.807) is 0 Å². The molecule has 6 heteroatoms. The maximum absolute atomic E-state index is 12.0. The smallest absolute Gasteiger partial charge is 0.191 e. The van der Waals surface area contributed by atoms with Crippen LogP contribution < -0.4 is 10.6 Å². The molecule has 124 valence electrons. The first-order valence-electron chi connectivity index (χ1n) is 8.08. The van der Waals surface area contributed by atoms with Crippen LogP contribution in [-0.4, -0.2) is 39.8 Å². The lowest BCUT2D eigenvalue weighted by Gasteiger charge is -2.30. The monoisotopic (exact) mass is 427 g/mol. The van der Waals surface area contributed by atoms with Crippen molar-refractivity contribution < 1.29 is 4.21 Å². The highest BCUT2D eigenvalue weighted by Crippen LogP contribution is 2.29. The molecule has 0 amide bonds. The van der Waals surface area contributed by atoms with Crippen molar-refractivity contribution in [3.63, 3.8) is 0 Å². The topological polar surface area (TPSA) is 53.5 Å². The predicted molar refractivity (Wildman–Crippen MR) is 102 cm³/mol. The molecule has 2 N–H and O–H groups in total. The van der Waals surface area contributed by atoms with Crippen molar-refractivity contribution in [2.45, 2.75) is 70.2 Å². The van der Waals surface area contributed by atoms with E-state index in [9.17, 15) is 4.21 Å². The Morgan fingerprint density at radius 2 is 1.95 bits per heavy atom. The van der Waals surface area contributed by atoms with Crippen molar-refractivity contribution in [2.75, 3.05) is 12.3 Å². The fourth-order valence-corrected chi connectivity index (χ4v) is 4.28. The molecule has 0 radical (unpaired) electrons. The number of hydrogen-bond donors (Lipinski definition) is 2. The van der Waals surface area contributed by atoms with Crippen LogP contribution in [0.2, 0.25) is 0 Å². The average Bonchev–Trinajstić information content (AvgIpc) is 3.13. The Hall–Kier alpha value is 0.150. The molecule has 2 aliphatic carbocycles. The number of hydrogen-bond acceptors (Lipinski definition) is 2. The van der Waals surface area contributed by atoms with Gasteiger partial charge in [0.25, 0.3) is 0 Å². The maximum Gasteiger partial charge on any atom is 0.191 e. The number of aliphatic imine (C=N–C) groups is 1. The fourth-order valence-electron chi connectivity index (χ4n) is 2.93. The van der Waals surface area contributed by atoms with Crippen LogP contribution in [0, 0.1) is 5.92 Å². The van der Waals surface area contributed by atoms with Gasteiger partial charge in [0, 0.05) is 40.4 Å². The number of halogens is 1. The summed E-state index contributed by atoms with van der Waals surface area (Å²) >= 11 is 0. The van der Waals surface area contributed by atoms with Crippen LogP contribution in [0.3, 0.4) is 0 Å². The van der Waals surface area contributed by atoms with Crippen LogP contribution in [0.1, 0.15) is 52.9 Å². The van der Waals surface area contributed by atoms with Crippen molar-refractivity contribution in [3.8, 4) is 0 Å². The van der Waals surface area contributed by atoms with Gasteiger partial charge in [0.1, 0.15) is 0 Å². The SMILES string of the molecule is CCN=C(NC1CCCC(S(=O)CC)C1)NC1CC1C.I. The molecule has 0 aromatic heterocycles. The Morgan fingerprint density at radius 1 is 1.24 bits per heavy atom. The first-order valence-corrected chi connectivity index (χ1v) is 9.46. The standard InChI is InChI=1S/C15H29N3OS.HI/c1-4-16-15(18-14-9-11(14)3)17-12-7-6-8-13(10-12)20(19)5-2;/h11-14H,4-10H2,1-3H3,(H2,16,17,18);1H. The highest BCUT2D eigenvalue weighted by Gasteiger charge is 2.34. The van der Waals surface area contributed by atoms with Crippen molar-refractivity contribution in [2.24, 2.45) is 10.9 Å². The van der Waals surface area contributed by atoms with E-state index in [1.807, 2.05) is 6.92 Å². The largest absolute Gasteiger partial charge is 0.354 e. The highest BCUT2D eigenvalue weighted by atomic mass is 127. The number of rotatable bonds is 5. The van der Waals surface area contributed by atoms with Gasteiger partial charge in [0.2, 0.25) is 0 Å². The molecule has 2 rings (SSSR count). The van der Waals surface area contributed by atoms with E-state index in [4.69, 9.17) is 0 Å². The third-order valence-electron chi connectivity index (χ3n) is 4.37. The molecular formula is C15H30IN3OS. The quantitative estimate of drug-likeness (QED) is 0.403. The Balaban J connectivity index is 0.00000220. The van der Waals surface area contributed by atoms with E-state index < -0.39 is 10.8 Å². The molecule has 0 heterocycles. The minimum absolute atomic E-state index is 0. The van der Waals surface area contributed by atoms with Gasteiger partial charge in [-0.3, -0.25) is 9.20 Å². The van der Waals surface area contributed by atoms with Crippen LogP contribution in [0.4, 0.5) is 0 Å². The van der Waals surface area contributed by atoms with Crippen LogP contribution in [0.5, 0.6) is 0 Å². The second kappa shape index (κ2) is 9.33. The minimum Gasteiger partial charge on any atom is -0.354 e. The molecule has 0 aromatic carbocycles. The first kappa shape index (κ1) is 19.2. The number of nitrogens with zero attached hydrogens (tertiary/aromatic N) is 1. The minimum atomic E-state index is -0.657. The lowest BCUT2D eigenvalue weighted by Crippen LogP contribution is -2.47. The zero-order chi connectivity index (χ0) is 14.5. The molecule has 0 saturated heterocycles. The van der Waals surface area contributed by atoms with Crippen molar-refractivity contribution in [1.29, 1.82) is 0 Å². The summed E-state index contributed by atoms with van der Waals surface area (Å²) < 4.78 is 12.0. The van der Waals surface area contributed by atoms with Gasteiger partial charge >= 0.3 is 0 Å². The van der Waals surface area contributed by atoms with Crippen molar-refractivity contribution >= 4 is 40.7 Å². The summed E-state index contributed by atoms with van der Waals surface area (Å²) in [6, 6.07) is 1.02. The Morgan fingerprint density at radius 3 is 2.52 bits per heavy atom. The van der Waals surface area contributed by atoms with Crippen LogP contribution >= 0.6 is 24.0 Å². The zero-order valence-electron chi connectivity index (χ0n) is 13.4. The summed E-state index contributed by atoms with van der Waals surface area (Å²) in [5, 5.41) is 7.44. The van der Waals surface area contributed by atoms with Gasteiger partial charge in [-0.1, -0.05) is 20.3 Å². The second-order valence-corrected chi connectivity index (χ2v) is 8.09. The lowest BCUT2D eigenvalue weighted by molar-refractivity contribution is 0.413. The molecule has 2 fully saturated rings. The van der Waals surface area contributed by atoms with E-state index in [1.165, 1.54) is 19.3 Å². The molecule has 5 unspecified atom stereocenters. The summed E-state index contributed by atoms with van der Waals surface area (Å²) in [4.78, 5) is 4.54. The van der Waals surface area contributed by atoms with Crippen LogP contribution in [0.15, 0.2) is 4.99 Å². The summed E-state index contributed by atoms with van der Waals surface area (Å²) in [6.07, 6.45) is 5.73. The molecule has 0 bridgehead atoms. The molecule has 21 heavy (non-hydrogen) atoms. The molecule has 5 atom stereocenters. The number of nitrogens with one attached hydrogen (secondary N) is 2. The molecule has 0 aromatic rings. The summed E-state index contributed by atoms with van der Waals surface area (Å²) in [5.41, 5.74) is 0. The predicted octanol–water partition coefficient (Wildman–Crippen LogP) is 2.65. The average molecular weight is 427 g/mol. The summed E-state index contributed by atoms with van der Waals surface area (Å²) in [6.45, 7) is 7.15. The summed E-state index contributed by atoms with van der Waals surface area (Å²) in [7, 11) is -0.657. The van der Waals surface area contributed by atoms with Crippen molar-refractivity contribution in [1.82, 2.24) is 10.6 Å². The van der Waals surface area contributed by atoms with Gasteiger partial charge in [0.15, 0.2) is 5.96 Å².